The maximum atomic E-state index is 11.3. The Morgan fingerprint density at radius 1 is 1.27 bits per heavy atom. The van der Waals surface area contributed by atoms with Gasteiger partial charge in [0.15, 0.2) is 0 Å². The number of fused-ring (bicyclic) bond motifs is 1. The van der Waals surface area contributed by atoms with Gasteiger partial charge in [-0.25, -0.2) is 13.1 Å². The molecule has 1 fully saturated rings. The van der Waals surface area contributed by atoms with E-state index in [-0.39, 0.29) is 6.04 Å². The second kappa shape index (κ2) is 6.40. The second-order valence-electron chi connectivity index (χ2n) is 6.12. The van der Waals surface area contributed by atoms with Crippen molar-refractivity contribution in [3.63, 3.8) is 0 Å². The molecule has 0 atom stereocenters. The average molecular weight is 321 g/mol. The fraction of sp³-hybridized carbons (Fsp3) is 0.500. The van der Waals surface area contributed by atoms with Gasteiger partial charge in [-0.3, -0.25) is 0 Å². The van der Waals surface area contributed by atoms with Crippen LogP contribution >= 0.6 is 0 Å². The minimum absolute atomic E-state index is 0.0966. The molecule has 1 aromatic heterocycles. The van der Waals surface area contributed by atoms with Crippen LogP contribution in [0.3, 0.4) is 0 Å². The number of piperidine rings is 1. The summed E-state index contributed by atoms with van der Waals surface area (Å²) in [6.07, 6.45) is 6.13. The number of para-hydroxylation sites is 1. The molecule has 0 unspecified atom stereocenters. The summed E-state index contributed by atoms with van der Waals surface area (Å²) in [4.78, 5) is 5.73. The molecule has 2 aromatic rings. The SMILES string of the molecule is CS(=O)(=O)NC1CCN(CCc2c[nH]c3ccccc23)CC1. The van der Waals surface area contributed by atoms with Gasteiger partial charge in [0.25, 0.3) is 0 Å². The monoisotopic (exact) mass is 321 g/mol. The summed E-state index contributed by atoms with van der Waals surface area (Å²) in [5.41, 5.74) is 2.54. The fourth-order valence-corrected chi connectivity index (χ4v) is 4.04. The molecule has 0 spiro atoms. The van der Waals surface area contributed by atoms with Gasteiger partial charge in [-0.05, 0) is 44.0 Å². The molecule has 1 aliphatic heterocycles. The maximum absolute atomic E-state index is 11.3. The molecule has 120 valence electrons. The first-order valence-corrected chi connectivity index (χ1v) is 9.65. The zero-order valence-corrected chi connectivity index (χ0v) is 13.7. The first kappa shape index (κ1) is 15.5. The van der Waals surface area contributed by atoms with E-state index in [2.05, 4.69) is 39.0 Å². The fourth-order valence-electron chi connectivity index (χ4n) is 3.19. The van der Waals surface area contributed by atoms with Crippen LogP contribution in [0.15, 0.2) is 30.5 Å². The van der Waals surface area contributed by atoms with Gasteiger partial charge in [0.05, 0.1) is 6.26 Å². The summed E-state index contributed by atoms with van der Waals surface area (Å²) in [5.74, 6) is 0. The number of nitrogens with one attached hydrogen (secondary N) is 2. The molecule has 1 aromatic carbocycles. The van der Waals surface area contributed by atoms with E-state index in [0.717, 1.165) is 38.9 Å². The van der Waals surface area contributed by atoms with Crippen molar-refractivity contribution < 1.29 is 8.42 Å². The predicted molar refractivity (Wildman–Crippen MR) is 89.4 cm³/mol. The highest BCUT2D eigenvalue weighted by atomic mass is 32.2. The molecule has 1 aliphatic rings. The van der Waals surface area contributed by atoms with Crippen LogP contribution in [-0.2, 0) is 16.4 Å². The third kappa shape index (κ3) is 3.88. The van der Waals surface area contributed by atoms with E-state index in [1.54, 1.807) is 0 Å². The molecule has 0 aliphatic carbocycles. The van der Waals surface area contributed by atoms with Crippen LogP contribution < -0.4 is 4.72 Å². The van der Waals surface area contributed by atoms with Crippen molar-refractivity contribution in [1.29, 1.82) is 0 Å². The number of hydrogen-bond acceptors (Lipinski definition) is 3. The lowest BCUT2D eigenvalue weighted by atomic mass is 10.0. The Balaban J connectivity index is 1.51. The lowest BCUT2D eigenvalue weighted by molar-refractivity contribution is 0.210. The molecular formula is C16H23N3O2S. The highest BCUT2D eigenvalue weighted by Gasteiger charge is 2.21. The van der Waals surface area contributed by atoms with Crippen molar-refractivity contribution in [1.82, 2.24) is 14.6 Å². The molecule has 0 radical (unpaired) electrons. The smallest absolute Gasteiger partial charge is 0.208 e. The normalized spacial score (nSPS) is 18.0. The Hall–Kier alpha value is -1.37. The number of sulfonamides is 1. The minimum atomic E-state index is -3.09. The van der Waals surface area contributed by atoms with E-state index in [1.165, 1.54) is 22.7 Å². The summed E-state index contributed by atoms with van der Waals surface area (Å²) in [6.45, 7) is 2.93. The minimum Gasteiger partial charge on any atom is -0.361 e. The molecule has 22 heavy (non-hydrogen) atoms. The number of aromatic amines is 1. The Bertz CT molecular complexity index is 731. The predicted octanol–water partition coefficient (Wildman–Crippen LogP) is 1.72. The van der Waals surface area contributed by atoms with Gasteiger partial charge in [0.2, 0.25) is 10.0 Å². The quantitative estimate of drug-likeness (QED) is 0.881. The Labute approximate surface area is 131 Å². The lowest BCUT2D eigenvalue weighted by Gasteiger charge is -2.31. The number of nitrogens with zero attached hydrogens (tertiary/aromatic N) is 1. The number of hydrogen-bond donors (Lipinski definition) is 2. The maximum Gasteiger partial charge on any atom is 0.208 e. The second-order valence-corrected chi connectivity index (χ2v) is 7.90. The summed E-state index contributed by atoms with van der Waals surface area (Å²) >= 11 is 0. The van der Waals surface area contributed by atoms with Crippen LogP contribution in [0.2, 0.25) is 0 Å². The molecular weight excluding hydrogens is 298 g/mol. The largest absolute Gasteiger partial charge is 0.361 e. The van der Waals surface area contributed by atoms with Crippen molar-refractivity contribution in [3.8, 4) is 0 Å². The van der Waals surface area contributed by atoms with E-state index in [4.69, 9.17) is 0 Å². The van der Waals surface area contributed by atoms with E-state index >= 15 is 0 Å². The average Bonchev–Trinajstić information content (AvgIpc) is 2.88. The van der Waals surface area contributed by atoms with Crippen LogP contribution in [0.1, 0.15) is 18.4 Å². The van der Waals surface area contributed by atoms with Crippen molar-refractivity contribution in [2.75, 3.05) is 25.9 Å². The van der Waals surface area contributed by atoms with Gasteiger partial charge in [-0.15, -0.1) is 0 Å². The summed E-state index contributed by atoms with van der Waals surface area (Å²) < 4.78 is 25.2. The summed E-state index contributed by atoms with van der Waals surface area (Å²) in [6, 6.07) is 8.47. The molecule has 2 heterocycles. The van der Waals surface area contributed by atoms with E-state index in [1.807, 2.05) is 6.07 Å². The van der Waals surface area contributed by atoms with E-state index < -0.39 is 10.0 Å². The van der Waals surface area contributed by atoms with Crippen LogP contribution in [0, 0.1) is 0 Å². The van der Waals surface area contributed by atoms with Crippen LogP contribution in [0.5, 0.6) is 0 Å². The van der Waals surface area contributed by atoms with E-state index in [0.29, 0.717) is 0 Å². The summed E-state index contributed by atoms with van der Waals surface area (Å²) in [5, 5.41) is 1.30. The van der Waals surface area contributed by atoms with Crippen molar-refractivity contribution in [2.45, 2.75) is 25.3 Å². The van der Waals surface area contributed by atoms with Gasteiger partial charge in [0.1, 0.15) is 0 Å². The highest BCUT2D eigenvalue weighted by molar-refractivity contribution is 7.88. The Kier molecular flexibility index (Phi) is 4.52. The van der Waals surface area contributed by atoms with Gasteiger partial charge >= 0.3 is 0 Å². The van der Waals surface area contributed by atoms with Gasteiger partial charge in [-0.2, -0.15) is 0 Å². The molecule has 5 nitrogen and oxygen atoms in total. The van der Waals surface area contributed by atoms with Crippen LogP contribution in [-0.4, -0.2) is 50.2 Å². The highest BCUT2D eigenvalue weighted by Crippen LogP contribution is 2.19. The molecule has 0 amide bonds. The molecule has 0 bridgehead atoms. The Morgan fingerprint density at radius 3 is 2.73 bits per heavy atom. The number of H-pyrrole nitrogens is 1. The molecule has 2 N–H and O–H groups in total. The zero-order valence-electron chi connectivity index (χ0n) is 12.9. The summed E-state index contributed by atoms with van der Waals surface area (Å²) in [7, 11) is -3.09. The number of aromatic nitrogens is 1. The number of benzene rings is 1. The van der Waals surface area contributed by atoms with Crippen molar-refractivity contribution >= 4 is 20.9 Å². The first-order valence-electron chi connectivity index (χ1n) is 7.76. The molecule has 0 saturated carbocycles. The van der Waals surface area contributed by atoms with Crippen molar-refractivity contribution in [2.24, 2.45) is 0 Å². The third-order valence-corrected chi connectivity index (χ3v) is 5.10. The Morgan fingerprint density at radius 2 is 2.00 bits per heavy atom. The van der Waals surface area contributed by atoms with Gasteiger partial charge in [-0.1, -0.05) is 18.2 Å². The van der Waals surface area contributed by atoms with Crippen LogP contribution in [0.25, 0.3) is 10.9 Å². The van der Waals surface area contributed by atoms with Crippen molar-refractivity contribution in [3.05, 3.63) is 36.0 Å². The first-order chi connectivity index (χ1) is 10.5. The topological polar surface area (TPSA) is 65.2 Å². The zero-order chi connectivity index (χ0) is 15.6. The van der Waals surface area contributed by atoms with E-state index in [9.17, 15) is 8.42 Å². The van der Waals surface area contributed by atoms with Crippen LogP contribution in [0.4, 0.5) is 0 Å². The standard InChI is InChI=1S/C16H23N3O2S/c1-22(20,21)18-14-7-10-19(11-8-14)9-6-13-12-17-16-5-3-2-4-15(13)16/h2-5,12,14,17-18H,6-11H2,1H3. The number of rotatable bonds is 5. The third-order valence-electron chi connectivity index (χ3n) is 4.34. The van der Waals surface area contributed by atoms with Gasteiger partial charge in [0, 0.05) is 29.7 Å². The molecule has 3 rings (SSSR count). The molecule has 6 heteroatoms. The number of likely N-dealkylation sites (tertiary alicyclic amines) is 1. The molecule has 1 saturated heterocycles. The van der Waals surface area contributed by atoms with Gasteiger partial charge < -0.3 is 9.88 Å². The lowest BCUT2D eigenvalue weighted by Crippen LogP contribution is -2.44.